The Bertz CT molecular complexity index is 881. The van der Waals surface area contributed by atoms with Gasteiger partial charge in [0, 0.05) is 5.02 Å². The van der Waals surface area contributed by atoms with Crippen LogP contribution in [0.1, 0.15) is 11.1 Å². The molecule has 0 saturated carbocycles. The van der Waals surface area contributed by atoms with Crippen molar-refractivity contribution in [2.45, 2.75) is 6.54 Å². The van der Waals surface area contributed by atoms with Gasteiger partial charge in [0.05, 0.1) is 18.6 Å². The molecule has 7 heteroatoms. The van der Waals surface area contributed by atoms with Gasteiger partial charge in [0.25, 0.3) is 11.1 Å². The van der Waals surface area contributed by atoms with Crippen LogP contribution in [0.5, 0.6) is 11.5 Å². The van der Waals surface area contributed by atoms with Gasteiger partial charge >= 0.3 is 0 Å². The van der Waals surface area contributed by atoms with Crippen LogP contribution in [0.4, 0.5) is 4.79 Å². The summed E-state index contributed by atoms with van der Waals surface area (Å²) in [6.45, 7) is 0.163. The van der Waals surface area contributed by atoms with Crippen molar-refractivity contribution in [3.05, 3.63) is 63.5 Å². The van der Waals surface area contributed by atoms with Crippen LogP contribution in [0, 0.1) is 0 Å². The number of phenols is 1. The minimum Gasteiger partial charge on any atom is -0.504 e. The summed E-state index contributed by atoms with van der Waals surface area (Å²) in [6, 6.07) is 11.8. The van der Waals surface area contributed by atoms with Crippen molar-refractivity contribution < 1.29 is 19.4 Å². The number of phenolic OH excluding ortho intramolecular Hbond substituents is 1. The third kappa shape index (κ3) is 3.81. The van der Waals surface area contributed by atoms with E-state index >= 15 is 0 Å². The van der Waals surface area contributed by atoms with Gasteiger partial charge in [0.1, 0.15) is 0 Å². The highest BCUT2D eigenvalue weighted by Crippen LogP contribution is 2.35. The van der Waals surface area contributed by atoms with Crippen molar-refractivity contribution >= 4 is 40.6 Å². The van der Waals surface area contributed by atoms with Crippen molar-refractivity contribution in [3.8, 4) is 11.5 Å². The summed E-state index contributed by atoms with van der Waals surface area (Å²) in [5, 5.41) is 10.0. The predicted molar refractivity (Wildman–Crippen MR) is 97.6 cm³/mol. The van der Waals surface area contributed by atoms with E-state index in [4.69, 9.17) is 16.3 Å². The van der Waals surface area contributed by atoms with Crippen LogP contribution in [0.2, 0.25) is 5.02 Å². The summed E-state index contributed by atoms with van der Waals surface area (Å²) in [6.07, 6.45) is 1.57. The fraction of sp³-hybridized carbons (Fsp3) is 0.111. The number of hydrogen-bond donors (Lipinski definition) is 1. The van der Waals surface area contributed by atoms with Gasteiger partial charge in [-0.2, -0.15) is 0 Å². The average Bonchev–Trinajstić information content (AvgIpc) is 2.83. The zero-order chi connectivity index (χ0) is 18.0. The van der Waals surface area contributed by atoms with E-state index in [0.29, 0.717) is 21.2 Å². The van der Waals surface area contributed by atoms with Crippen LogP contribution in [0.25, 0.3) is 6.08 Å². The fourth-order valence-electron chi connectivity index (χ4n) is 2.40. The molecule has 2 aromatic carbocycles. The van der Waals surface area contributed by atoms with Crippen LogP contribution < -0.4 is 4.74 Å². The minimum absolute atomic E-state index is 0.0330. The molecule has 128 valence electrons. The molecule has 3 rings (SSSR count). The number of rotatable bonds is 4. The number of hydrogen-bond acceptors (Lipinski definition) is 5. The number of aromatic hydroxyl groups is 1. The van der Waals surface area contributed by atoms with E-state index < -0.39 is 0 Å². The predicted octanol–water partition coefficient (Wildman–Crippen LogP) is 4.29. The lowest BCUT2D eigenvalue weighted by Gasteiger charge is -2.12. The molecule has 5 nitrogen and oxygen atoms in total. The first-order chi connectivity index (χ1) is 12.0. The lowest BCUT2D eigenvalue weighted by Crippen LogP contribution is -2.27. The monoisotopic (exact) mass is 375 g/mol. The average molecular weight is 376 g/mol. The Labute approximate surface area is 153 Å². The number of ether oxygens (including phenoxy) is 1. The van der Waals surface area contributed by atoms with Crippen molar-refractivity contribution in [2.24, 2.45) is 0 Å². The molecule has 25 heavy (non-hydrogen) atoms. The topological polar surface area (TPSA) is 66.8 Å². The van der Waals surface area contributed by atoms with E-state index in [1.165, 1.54) is 18.1 Å². The molecule has 1 aliphatic heterocycles. The lowest BCUT2D eigenvalue weighted by molar-refractivity contribution is -0.123. The van der Waals surface area contributed by atoms with E-state index in [2.05, 4.69) is 0 Å². The van der Waals surface area contributed by atoms with Gasteiger partial charge in [-0.25, -0.2) is 0 Å². The molecular weight excluding hydrogens is 362 g/mol. The number of methoxy groups -OCH3 is 1. The molecular formula is C18H14ClNO4S. The molecule has 1 heterocycles. The lowest BCUT2D eigenvalue weighted by atomic mass is 10.1. The summed E-state index contributed by atoms with van der Waals surface area (Å²) < 4.78 is 4.99. The Hall–Kier alpha value is -2.44. The Kier molecular flexibility index (Phi) is 5.01. The van der Waals surface area contributed by atoms with E-state index in [0.717, 1.165) is 17.3 Å². The second kappa shape index (κ2) is 7.21. The number of carbonyl (C=O) groups excluding carboxylic acids is 2. The molecule has 1 saturated heterocycles. The van der Waals surface area contributed by atoms with Crippen LogP contribution in [-0.2, 0) is 11.3 Å². The van der Waals surface area contributed by atoms with Crippen LogP contribution >= 0.6 is 23.4 Å². The zero-order valence-corrected chi connectivity index (χ0v) is 14.8. The maximum atomic E-state index is 12.5. The van der Waals surface area contributed by atoms with Gasteiger partial charge in [0.15, 0.2) is 11.5 Å². The van der Waals surface area contributed by atoms with Gasteiger partial charge in [-0.1, -0.05) is 29.8 Å². The maximum absolute atomic E-state index is 12.5. The Morgan fingerprint density at radius 2 is 2.04 bits per heavy atom. The maximum Gasteiger partial charge on any atom is 0.293 e. The minimum atomic E-state index is -0.370. The van der Waals surface area contributed by atoms with Crippen molar-refractivity contribution in [3.63, 3.8) is 0 Å². The zero-order valence-electron chi connectivity index (χ0n) is 13.2. The molecule has 1 N–H and O–H groups in total. The normalized spacial score (nSPS) is 15.9. The summed E-state index contributed by atoms with van der Waals surface area (Å²) in [4.78, 5) is 26.2. The Balaban J connectivity index is 1.82. The van der Waals surface area contributed by atoms with Crippen LogP contribution in [0.3, 0.4) is 0 Å². The molecule has 0 atom stereocenters. The van der Waals surface area contributed by atoms with E-state index in [-0.39, 0.29) is 23.4 Å². The van der Waals surface area contributed by atoms with Gasteiger partial charge in [-0.05, 0) is 53.2 Å². The standard InChI is InChI=1S/C18H14ClNO4S/c1-24-15-6-5-11(8-14(15)21)9-16-17(22)20(18(23)25-16)10-12-3-2-4-13(19)7-12/h2-9,21H,10H2,1H3/b16-9-. The SMILES string of the molecule is COc1ccc(/C=C2\SC(=O)N(Cc3cccc(Cl)c3)C2=O)cc1O. The largest absolute Gasteiger partial charge is 0.504 e. The molecule has 2 aromatic rings. The molecule has 0 aliphatic carbocycles. The number of nitrogens with zero attached hydrogens (tertiary/aromatic N) is 1. The number of halogens is 1. The van der Waals surface area contributed by atoms with E-state index in [1.54, 1.807) is 42.5 Å². The van der Waals surface area contributed by atoms with Gasteiger partial charge in [-0.15, -0.1) is 0 Å². The number of thioether (sulfide) groups is 1. The Morgan fingerprint density at radius 3 is 2.72 bits per heavy atom. The Morgan fingerprint density at radius 1 is 1.24 bits per heavy atom. The highest BCUT2D eigenvalue weighted by atomic mass is 35.5. The summed E-state index contributed by atoms with van der Waals surface area (Å²) in [7, 11) is 1.45. The first kappa shape index (κ1) is 17.4. The molecule has 1 aliphatic rings. The summed E-state index contributed by atoms with van der Waals surface area (Å²) in [5.74, 6) is -0.0640. The smallest absolute Gasteiger partial charge is 0.293 e. The second-order valence-electron chi connectivity index (χ2n) is 5.33. The summed E-state index contributed by atoms with van der Waals surface area (Å²) >= 11 is 6.81. The number of amides is 2. The third-order valence-corrected chi connectivity index (χ3v) is 4.75. The molecule has 0 spiro atoms. The molecule has 0 unspecified atom stereocenters. The first-order valence-corrected chi connectivity index (χ1v) is 8.54. The summed E-state index contributed by atoms with van der Waals surface area (Å²) in [5.41, 5.74) is 1.38. The second-order valence-corrected chi connectivity index (χ2v) is 6.76. The first-order valence-electron chi connectivity index (χ1n) is 7.35. The van der Waals surface area contributed by atoms with Crippen LogP contribution in [-0.4, -0.2) is 28.3 Å². The van der Waals surface area contributed by atoms with Crippen molar-refractivity contribution in [1.29, 1.82) is 0 Å². The quantitative estimate of drug-likeness (QED) is 0.807. The van der Waals surface area contributed by atoms with Gasteiger partial charge in [0.2, 0.25) is 0 Å². The fourth-order valence-corrected chi connectivity index (χ4v) is 3.45. The number of benzene rings is 2. The van der Waals surface area contributed by atoms with Crippen LogP contribution in [0.15, 0.2) is 47.4 Å². The highest BCUT2D eigenvalue weighted by Gasteiger charge is 2.35. The van der Waals surface area contributed by atoms with E-state index in [1.807, 2.05) is 0 Å². The molecule has 1 fully saturated rings. The van der Waals surface area contributed by atoms with Gasteiger partial charge in [-0.3, -0.25) is 14.5 Å². The molecule has 0 radical (unpaired) electrons. The van der Waals surface area contributed by atoms with Crippen molar-refractivity contribution in [1.82, 2.24) is 4.90 Å². The van der Waals surface area contributed by atoms with Gasteiger partial charge < -0.3 is 9.84 Å². The number of imide groups is 1. The third-order valence-electron chi connectivity index (χ3n) is 3.60. The van der Waals surface area contributed by atoms with Crippen molar-refractivity contribution in [2.75, 3.05) is 7.11 Å². The van der Waals surface area contributed by atoms with E-state index in [9.17, 15) is 14.7 Å². The molecule has 2 amide bonds. The molecule has 0 bridgehead atoms. The number of carbonyl (C=O) groups is 2. The molecule has 0 aromatic heterocycles. The highest BCUT2D eigenvalue weighted by molar-refractivity contribution is 8.18.